The number of hydrazone groups is 1. The molecule has 0 radical (unpaired) electrons. The van der Waals surface area contributed by atoms with Crippen LogP contribution in [-0.2, 0) is 4.79 Å². The maximum atomic E-state index is 13.5. The molecule has 3 atom stereocenters. The molecule has 1 N–H and O–H groups in total. The van der Waals surface area contributed by atoms with Crippen LogP contribution in [0.3, 0.4) is 0 Å². The number of urea groups is 1. The van der Waals surface area contributed by atoms with E-state index in [4.69, 9.17) is 14.6 Å². The minimum atomic E-state index is -0.114. The molecule has 1 saturated heterocycles. The Hall–Kier alpha value is -3.55. The van der Waals surface area contributed by atoms with E-state index >= 15 is 0 Å². The summed E-state index contributed by atoms with van der Waals surface area (Å²) in [5.74, 6) is 1.26. The molecule has 0 spiro atoms. The number of nitrogens with one attached hydrogen (secondary N) is 1. The predicted octanol–water partition coefficient (Wildman–Crippen LogP) is 3.50. The average Bonchev–Trinajstić information content (AvgIpc) is 3.12. The molecule has 0 aromatic heterocycles. The van der Waals surface area contributed by atoms with Crippen LogP contribution in [0.25, 0.3) is 0 Å². The van der Waals surface area contributed by atoms with Crippen LogP contribution >= 0.6 is 0 Å². The lowest BCUT2D eigenvalue weighted by Crippen LogP contribution is -2.48. The van der Waals surface area contributed by atoms with Crippen LogP contribution in [0, 0.1) is 11.8 Å². The molecule has 3 amide bonds. The van der Waals surface area contributed by atoms with Crippen LogP contribution in [-0.4, -0.2) is 67.0 Å². The first-order valence-corrected chi connectivity index (χ1v) is 12.4. The summed E-state index contributed by atoms with van der Waals surface area (Å²) in [4.78, 5) is 27.0. The van der Waals surface area contributed by atoms with Gasteiger partial charge in [0.2, 0.25) is 5.91 Å². The van der Waals surface area contributed by atoms with Gasteiger partial charge < -0.3 is 19.7 Å². The highest BCUT2D eigenvalue weighted by molar-refractivity contribution is 6.07. The van der Waals surface area contributed by atoms with Crippen molar-refractivity contribution in [2.75, 3.05) is 33.4 Å². The molecule has 8 heteroatoms. The van der Waals surface area contributed by atoms with Gasteiger partial charge in [-0.25, -0.2) is 9.80 Å². The van der Waals surface area contributed by atoms with Gasteiger partial charge in [0.25, 0.3) is 0 Å². The van der Waals surface area contributed by atoms with Crippen molar-refractivity contribution in [3.63, 3.8) is 0 Å². The molecule has 8 nitrogen and oxygen atoms in total. The van der Waals surface area contributed by atoms with Gasteiger partial charge in [0.15, 0.2) is 11.5 Å². The van der Waals surface area contributed by atoms with Crippen molar-refractivity contribution >= 4 is 17.6 Å². The smallest absolute Gasteiger partial charge is 0.317 e. The van der Waals surface area contributed by atoms with Gasteiger partial charge in [-0.05, 0) is 43.9 Å². The summed E-state index contributed by atoms with van der Waals surface area (Å²) in [6, 6.07) is 5.72. The van der Waals surface area contributed by atoms with E-state index in [9.17, 15) is 9.59 Å². The van der Waals surface area contributed by atoms with Crippen LogP contribution in [0.2, 0.25) is 0 Å². The number of fused-ring (bicyclic) bond motifs is 1. The van der Waals surface area contributed by atoms with E-state index in [1.165, 1.54) is 0 Å². The molecule has 1 fully saturated rings. The Balaban J connectivity index is 1.43. The van der Waals surface area contributed by atoms with E-state index in [0.717, 1.165) is 37.0 Å². The van der Waals surface area contributed by atoms with Crippen molar-refractivity contribution in [3.8, 4) is 11.5 Å². The van der Waals surface area contributed by atoms with E-state index in [1.807, 2.05) is 30.4 Å². The van der Waals surface area contributed by atoms with Gasteiger partial charge in [0.05, 0.1) is 31.3 Å². The lowest BCUT2D eigenvalue weighted by Gasteiger charge is -2.39. The SMILES string of the molecule is COc1ccc(C2=NN([C@@H]3C=CC=CCC3)C(=O)[C@@H]3CC=CC[C@H]23)cc1OCCN1CCNC1=O. The Bertz CT molecular complexity index is 1090. The van der Waals surface area contributed by atoms with Crippen molar-refractivity contribution in [3.05, 3.63) is 60.2 Å². The number of methoxy groups -OCH3 is 1. The van der Waals surface area contributed by atoms with Crippen LogP contribution in [0.5, 0.6) is 11.5 Å². The monoisotopic (exact) mass is 476 g/mol. The molecule has 2 aliphatic heterocycles. The fraction of sp³-hybridized carbons (Fsp3) is 0.444. The third-order valence-electron chi connectivity index (χ3n) is 7.09. The molecule has 5 rings (SSSR count). The largest absolute Gasteiger partial charge is 0.493 e. The molecule has 0 saturated carbocycles. The lowest BCUT2D eigenvalue weighted by molar-refractivity contribution is -0.139. The summed E-state index contributed by atoms with van der Waals surface area (Å²) < 4.78 is 11.6. The topological polar surface area (TPSA) is 83.5 Å². The van der Waals surface area contributed by atoms with Crippen molar-refractivity contribution in [2.45, 2.75) is 31.7 Å². The highest BCUT2D eigenvalue weighted by Gasteiger charge is 2.41. The standard InChI is InChI=1S/C27H32N4O4/c1-34-23-13-12-19(18-24(23)35-17-16-30-15-14-28-27(30)33)25-21-10-6-7-11-22(21)26(32)31(29-25)20-8-4-2-3-5-9-20/h2-4,6-8,12-13,18,20-22H,5,9-11,14-17H2,1H3,(H,28,33)/t20-,21+,22-/m1/s1. The fourth-order valence-electron chi connectivity index (χ4n) is 5.18. The molecule has 0 unspecified atom stereocenters. The van der Waals surface area contributed by atoms with Crippen molar-refractivity contribution in [1.29, 1.82) is 0 Å². The number of ether oxygens (including phenoxy) is 2. The molecule has 1 aromatic rings. The maximum Gasteiger partial charge on any atom is 0.317 e. The van der Waals surface area contributed by atoms with E-state index in [-0.39, 0.29) is 29.8 Å². The number of hydrogen-bond donors (Lipinski definition) is 1. The third kappa shape index (κ3) is 4.83. The molecular formula is C27H32N4O4. The molecule has 1 aromatic carbocycles. The Morgan fingerprint density at radius 2 is 1.94 bits per heavy atom. The minimum Gasteiger partial charge on any atom is -0.493 e. The minimum absolute atomic E-state index is 0.0335. The number of rotatable bonds is 7. The summed E-state index contributed by atoms with van der Waals surface area (Å²) in [5, 5.41) is 9.47. The Kier molecular flexibility index (Phi) is 6.88. The van der Waals surface area contributed by atoms with Gasteiger partial charge >= 0.3 is 6.03 Å². The molecule has 4 aliphatic rings. The first-order chi connectivity index (χ1) is 17.2. The molecular weight excluding hydrogens is 444 g/mol. The maximum absolute atomic E-state index is 13.5. The third-order valence-corrected chi connectivity index (χ3v) is 7.09. The summed E-state index contributed by atoms with van der Waals surface area (Å²) >= 11 is 0. The summed E-state index contributed by atoms with van der Waals surface area (Å²) in [6.45, 7) is 2.21. The van der Waals surface area contributed by atoms with E-state index in [2.05, 4.69) is 29.6 Å². The number of nitrogens with zero attached hydrogens (tertiary/aromatic N) is 3. The van der Waals surface area contributed by atoms with Crippen molar-refractivity contribution in [2.24, 2.45) is 16.9 Å². The molecule has 2 aliphatic carbocycles. The van der Waals surface area contributed by atoms with Crippen molar-refractivity contribution in [1.82, 2.24) is 15.2 Å². The van der Waals surface area contributed by atoms with Gasteiger partial charge in [-0.1, -0.05) is 36.5 Å². The highest BCUT2D eigenvalue weighted by atomic mass is 16.5. The zero-order chi connectivity index (χ0) is 24.2. The Morgan fingerprint density at radius 1 is 1.09 bits per heavy atom. The molecule has 184 valence electrons. The number of amides is 3. The van der Waals surface area contributed by atoms with Gasteiger partial charge in [0.1, 0.15) is 6.61 Å². The number of allylic oxidation sites excluding steroid dienone is 5. The molecule has 0 bridgehead atoms. The Labute approximate surface area is 205 Å². The zero-order valence-corrected chi connectivity index (χ0v) is 20.1. The van der Waals surface area contributed by atoms with E-state index in [1.54, 1.807) is 17.0 Å². The lowest BCUT2D eigenvalue weighted by atomic mass is 9.76. The highest BCUT2D eigenvalue weighted by Crippen LogP contribution is 2.38. The van der Waals surface area contributed by atoms with E-state index in [0.29, 0.717) is 37.7 Å². The summed E-state index contributed by atoms with van der Waals surface area (Å²) in [5.41, 5.74) is 1.84. The number of benzene rings is 1. The fourth-order valence-corrected chi connectivity index (χ4v) is 5.18. The summed E-state index contributed by atoms with van der Waals surface area (Å²) in [7, 11) is 1.61. The second-order valence-corrected chi connectivity index (χ2v) is 9.21. The van der Waals surface area contributed by atoms with Gasteiger partial charge in [-0.3, -0.25) is 4.79 Å². The van der Waals surface area contributed by atoms with E-state index < -0.39 is 0 Å². The normalized spacial score (nSPS) is 25.7. The zero-order valence-electron chi connectivity index (χ0n) is 20.1. The number of carbonyl (C=O) groups is 2. The number of carbonyl (C=O) groups excluding carboxylic acids is 2. The first kappa shape index (κ1) is 23.2. The second kappa shape index (κ2) is 10.4. The first-order valence-electron chi connectivity index (χ1n) is 12.4. The molecule has 2 heterocycles. The van der Waals surface area contributed by atoms with Gasteiger partial charge in [-0.15, -0.1) is 0 Å². The Morgan fingerprint density at radius 3 is 2.74 bits per heavy atom. The second-order valence-electron chi connectivity index (χ2n) is 9.21. The van der Waals surface area contributed by atoms with Crippen LogP contribution in [0.4, 0.5) is 4.79 Å². The average molecular weight is 477 g/mol. The molecule has 35 heavy (non-hydrogen) atoms. The van der Waals surface area contributed by atoms with Gasteiger partial charge in [0, 0.05) is 24.6 Å². The van der Waals surface area contributed by atoms with Crippen LogP contribution < -0.4 is 14.8 Å². The predicted molar refractivity (Wildman–Crippen MR) is 133 cm³/mol. The quantitative estimate of drug-likeness (QED) is 0.611. The summed E-state index contributed by atoms with van der Waals surface area (Å²) in [6.07, 6.45) is 15.8. The van der Waals surface area contributed by atoms with Crippen molar-refractivity contribution < 1.29 is 19.1 Å². The van der Waals surface area contributed by atoms with Gasteiger partial charge in [-0.2, -0.15) is 5.10 Å². The van der Waals surface area contributed by atoms with Crippen LogP contribution in [0.1, 0.15) is 31.2 Å². The van der Waals surface area contributed by atoms with Crippen LogP contribution in [0.15, 0.2) is 59.8 Å². The number of hydrogen-bond acceptors (Lipinski definition) is 5.